The van der Waals surface area contributed by atoms with Gasteiger partial charge in [0.05, 0.1) is 5.92 Å². The maximum Gasteiger partial charge on any atom is 0.225 e. The summed E-state index contributed by atoms with van der Waals surface area (Å²) in [6, 6.07) is 8.72. The molecule has 33 heavy (non-hydrogen) atoms. The van der Waals surface area contributed by atoms with E-state index < -0.39 is 0 Å². The van der Waals surface area contributed by atoms with Gasteiger partial charge in [0.25, 0.3) is 0 Å². The molecule has 1 aromatic rings. The molecule has 2 aliphatic rings. The number of carbonyl (C=O) groups is 2. The van der Waals surface area contributed by atoms with Crippen LogP contribution in [0, 0.1) is 11.8 Å². The van der Waals surface area contributed by atoms with E-state index in [0.29, 0.717) is 6.54 Å². The average Bonchev–Trinajstić information content (AvgIpc) is 3.25. The van der Waals surface area contributed by atoms with Gasteiger partial charge in [0.1, 0.15) is 0 Å². The minimum Gasteiger partial charge on any atom is -0.369 e. The number of nitrogens with two attached hydrogens (primary N) is 1. The number of primary amides is 1. The lowest BCUT2D eigenvalue weighted by atomic mass is 9.97. The quantitative estimate of drug-likeness (QED) is 0.264. The van der Waals surface area contributed by atoms with Crippen molar-refractivity contribution in [1.82, 2.24) is 20.4 Å². The van der Waals surface area contributed by atoms with Gasteiger partial charge in [-0.1, -0.05) is 38.1 Å². The van der Waals surface area contributed by atoms with Crippen LogP contribution in [0.5, 0.6) is 0 Å². The Morgan fingerprint density at radius 3 is 2.64 bits per heavy atom. The lowest BCUT2D eigenvalue weighted by Gasteiger charge is -2.31. The number of guanidine groups is 1. The van der Waals surface area contributed by atoms with E-state index in [2.05, 4.69) is 44.8 Å². The molecule has 2 unspecified atom stereocenters. The predicted octanol–water partition coefficient (Wildman–Crippen LogP) is 1.92. The Bertz CT molecular complexity index is 831. The summed E-state index contributed by atoms with van der Waals surface area (Å²) < 4.78 is 0. The van der Waals surface area contributed by atoms with Crippen molar-refractivity contribution in [3.63, 3.8) is 0 Å². The van der Waals surface area contributed by atoms with Gasteiger partial charge in [0.15, 0.2) is 5.96 Å². The Hall–Kier alpha value is -1.88. The summed E-state index contributed by atoms with van der Waals surface area (Å²) in [4.78, 5) is 32.3. The predicted molar refractivity (Wildman–Crippen MR) is 142 cm³/mol. The third kappa shape index (κ3) is 8.13. The number of nitrogens with one attached hydrogen (secondary N) is 2. The zero-order valence-corrected chi connectivity index (χ0v) is 22.4. The van der Waals surface area contributed by atoms with Gasteiger partial charge in [-0.3, -0.25) is 19.5 Å². The highest BCUT2D eigenvalue weighted by molar-refractivity contribution is 14.0. The van der Waals surface area contributed by atoms with E-state index in [1.165, 1.54) is 11.1 Å². The van der Waals surface area contributed by atoms with Gasteiger partial charge in [-0.05, 0) is 36.9 Å². The van der Waals surface area contributed by atoms with E-state index >= 15 is 0 Å². The molecule has 9 heteroatoms. The van der Waals surface area contributed by atoms with Gasteiger partial charge in [-0.15, -0.1) is 24.0 Å². The highest BCUT2D eigenvalue weighted by Crippen LogP contribution is 2.19. The number of amides is 2. The lowest BCUT2D eigenvalue weighted by molar-refractivity contribution is -0.133. The maximum absolute atomic E-state index is 12.2. The molecule has 0 aromatic heterocycles. The molecular formula is C24H39IN6O2. The molecule has 2 aliphatic heterocycles. The van der Waals surface area contributed by atoms with Crippen LogP contribution in [0.3, 0.4) is 0 Å². The second-order valence-corrected chi connectivity index (χ2v) is 9.29. The smallest absolute Gasteiger partial charge is 0.225 e. The molecule has 0 spiro atoms. The fourth-order valence-corrected chi connectivity index (χ4v) is 4.54. The van der Waals surface area contributed by atoms with Crippen molar-refractivity contribution < 1.29 is 9.59 Å². The second-order valence-electron chi connectivity index (χ2n) is 9.29. The summed E-state index contributed by atoms with van der Waals surface area (Å²) >= 11 is 0. The molecule has 4 N–H and O–H groups in total. The van der Waals surface area contributed by atoms with Gasteiger partial charge in [-0.25, -0.2) is 0 Å². The zero-order valence-electron chi connectivity index (χ0n) is 20.0. The van der Waals surface area contributed by atoms with Gasteiger partial charge in [0, 0.05) is 51.7 Å². The van der Waals surface area contributed by atoms with Gasteiger partial charge in [-0.2, -0.15) is 0 Å². The molecule has 2 amide bonds. The molecule has 0 radical (unpaired) electrons. The van der Waals surface area contributed by atoms with Crippen LogP contribution in [0.2, 0.25) is 0 Å². The van der Waals surface area contributed by atoms with Crippen molar-refractivity contribution in [3.05, 3.63) is 35.4 Å². The molecular weight excluding hydrogens is 531 g/mol. The number of carbonyl (C=O) groups excluding carboxylic acids is 2. The summed E-state index contributed by atoms with van der Waals surface area (Å²) in [5, 5.41) is 6.84. The summed E-state index contributed by atoms with van der Waals surface area (Å²) in [5.41, 5.74) is 7.92. The molecule has 1 aromatic carbocycles. The number of hydrogen-bond acceptors (Lipinski definition) is 4. The molecule has 2 heterocycles. The van der Waals surface area contributed by atoms with Crippen molar-refractivity contribution in [3.8, 4) is 0 Å². The highest BCUT2D eigenvalue weighted by Gasteiger charge is 2.28. The maximum atomic E-state index is 12.2. The van der Waals surface area contributed by atoms with Crippen molar-refractivity contribution in [2.24, 2.45) is 22.6 Å². The fraction of sp³-hybridized carbons (Fsp3) is 0.625. The Labute approximate surface area is 214 Å². The molecule has 2 atom stereocenters. The van der Waals surface area contributed by atoms with Crippen LogP contribution < -0.4 is 16.4 Å². The summed E-state index contributed by atoms with van der Waals surface area (Å²) in [7, 11) is 1.77. The second kappa shape index (κ2) is 13.1. The molecule has 0 saturated carbocycles. The van der Waals surface area contributed by atoms with E-state index in [9.17, 15) is 9.59 Å². The monoisotopic (exact) mass is 570 g/mol. The Balaban J connectivity index is 0.00000385. The highest BCUT2D eigenvalue weighted by atomic mass is 127. The molecule has 3 rings (SSSR count). The molecule has 0 aliphatic carbocycles. The number of benzene rings is 1. The minimum absolute atomic E-state index is 0. The van der Waals surface area contributed by atoms with E-state index in [4.69, 9.17) is 5.73 Å². The first-order valence-electron chi connectivity index (χ1n) is 11.7. The lowest BCUT2D eigenvalue weighted by Crippen LogP contribution is -2.45. The largest absolute Gasteiger partial charge is 0.369 e. The topological polar surface area (TPSA) is 103 Å². The average molecular weight is 571 g/mol. The van der Waals surface area contributed by atoms with Crippen LogP contribution in [0.1, 0.15) is 44.2 Å². The van der Waals surface area contributed by atoms with E-state index in [-0.39, 0.29) is 53.7 Å². The number of likely N-dealkylation sites (tertiary alicyclic amines) is 2. The first kappa shape index (κ1) is 27.4. The van der Waals surface area contributed by atoms with Crippen LogP contribution >= 0.6 is 24.0 Å². The summed E-state index contributed by atoms with van der Waals surface area (Å²) in [5.74, 6) is 0.769. The Morgan fingerprint density at radius 1 is 1.18 bits per heavy atom. The molecule has 0 bridgehead atoms. The fourth-order valence-electron chi connectivity index (χ4n) is 4.54. The van der Waals surface area contributed by atoms with Crippen LogP contribution in [0.15, 0.2) is 29.3 Å². The van der Waals surface area contributed by atoms with Crippen LogP contribution in [0.4, 0.5) is 0 Å². The van der Waals surface area contributed by atoms with Crippen molar-refractivity contribution >= 4 is 41.8 Å². The summed E-state index contributed by atoms with van der Waals surface area (Å²) in [6.45, 7) is 8.63. The van der Waals surface area contributed by atoms with Gasteiger partial charge < -0.3 is 21.3 Å². The number of hydrogen-bond donors (Lipinski definition) is 3. The van der Waals surface area contributed by atoms with Crippen LogP contribution in [-0.2, 0) is 22.7 Å². The van der Waals surface area contributed by atoms with Crippen molar-refractivity contribution in [1.29, 1.82) is 0 Å². The Morgan fingerprint density at radius 2 is 1.94 bits per heavy atom. The van der Waals surface area contributed by atoms with Crippen molar-refractivity contribution in [2.45, 2.75) is 52.2 Å². The standard InChI is InChI=1S/C24H38N6O2.HI/c1-17(2)23(32)30-11-9-21(16-30)28-24(26-3)27-13-18-6-4-7-19(12-18)14-29-10-5-8-20(15-29)22(25)31;/h4,6-7,12,17,20-21H,5,8-11,13-16H2,1-3H3,(H2,25,31)(H2,26,27,28);1H. The number of nitrogens with zero attached hydrogens (tertiary/aromatic N) is 3. The van der Waals surface area contributed by atoms with Crippen LogP contribution in [0.25, 0.3) is 0 Å². The summed E-state index contributed by atoms with van der Waals surface area (Å²) in [6.07, 6.45) is 2.83. The van der Waals surface area contributed by atoms with E-state index in [1.54, 1.807) is 7.05 Å². The molecule has 8 nitrogen and oxygen atoms in total. The van der Waals surface area contributed by atoms with Gasteiger partial charge >= 0.3 is 0 Å². The minimum atomic E-state index is -0.189. The molecule has 184 valence electrons. The number of halogens is 1. The molecule has 2 saturated heterocycles. The van der Waals surface area contributed by atoms with E-state index in [1.807, 2.05) is 18.7 Å². The SMILES string of the molecule is CN=C(NCc1cccc(CN2CCCC(C(N)=O)C2)c1)NC1CCN(C(=O)C(C)C)C1.I. The third-order valence-corrected chi connectivity index (χ3v) is 6.32. The zero-order chi connectivity index (χ0) is 23.1. The number of aliphatic imine (C=N–C) groups is 1. The van der Waals surface area contributed by atoms with Gasteiger partial charge in [0.2, 0.25) is 11.8 Å². The first-order valence-corrected chi connectivity index (χ1v) is 11.7. The molecule has 2 fully saturated rings. The number of rotatable bonds is 7. The van der Waals surface area contributed by atoms with Crippen molar-refractivity contribution in [2.75, 3.05) is 33.2 Å². The van der Waals surface area contributed by atoms with Crippen LogP contribution in [-0.4, -0.2) is 66.8 Å². The Kier molecular flexibility index (Phi) is 10.9. The normalized spacial score (nSPS) is 21.6. The first-order chi connectivity index (χ1) is 15.4. The third-order valence-electron chi connectivity index (χ3n) is 6.32. The van der Waals surface area contributed by atoms with E-state index in [0.717, 1.165) is 57.9 Å². The number of piperidine rings is 1.